The van der Waals surface area contributed by atoms with Gasteiger partial charge in [0.15, 0.2) is 23.1 Å². The summed E-state index contributed by atoms with van der Waals surface area (Å²) >= 11 is 0. The second kappa shape index (κ2) is 7.23. The fourth-order valence-electron chi connectivity index (χ4n) is 2.46. The number of azo groups is 1. The number of hydrogen-bond donors (Lipinski definition) is 3. The van der Waals surface area contributed by atoms with Crippen molar-refractivity contribution in [3.8, 4) is 5.82 Å². The van der Waals surface area contributed by atoms with E-state index in [1.54, 1.807) is 21.8 Å². The molecule has 0 unspecified atom stereocenters. The normalized spacial score (nSPS) is 11.4. The first-order chi connectivity index (χ1) is 12.6. The van der Waals surface area contributed by atoms with E-state index in [9.17, 15) is 0 Å². The predicted molar refractivity (Wildman–Crippen MR) is 98.6 cm³/mol. The summed E-state index contributed by atoms with van der Waals surface area (Å²) in [5.41, 5.74) is 4.33. The molecule has 0 aliphatic rings. The number of nitrogen functional groups attached to an aromatic ring is 1. The Morgan fingerprint density at radius 1 is 1.31 bits per heavy atom. The van der Waals surface area contributed by atoms with E-state index in [4.69, 9.17) is 11.3 Å². The van der Waals surface area contributed by atoms with Crippen molar-refractivity contribution in [3.05, 3.63) is 41.9 Å². The lowest BCUT2D eigenvalue weighted by Crippen LogP contribution is -2.12. The Balaban J connectivity index is 2.07. The molecule has 0 saturated heterocycles. The summed E-state index contributed by atoms with van der Waals surface area (Å²) in [6, 6.07) is 5.58. The third kappa shape index (κ3) is 3.09. The lowest BCUT2D eigenvalue weighted by atomic mass is 10.3. The number of hydrogen-bond acceptors (Lipinski definition) is 8. The van der Waals surface area contributed by atoms with Crippen molar-refractivity contribution in [1.82, 2.24) is 24.5 Å². The quantitative estimate of drug-likeness (QED) is 0.271. The predicted octanol–water partition coefficient (Wildman–Crippen LogP) is 3.05. The molecule has 10 nitrogen and oxygen atoms in total. The number of pyridine rings is 1. The van der Waals surface area contributed by atoms with Gasteiger partial charge in [0.05, 0.1) is 17.5 Å². The van der Waals surface area contributed by atoms with E-state index in [1.165, 1.54) is 6.21 Å². The molecule has 0 amide bonds. The lowest BCUT2D eigenvalue weighted by Gasteiger charge is -2.07. The third-order valence-corrected chi connectivity index (χ3v) is 3.72. The highest BCUT2D eigenvalue weighted by molar-refractivity contribution is 5.82. The zero-order valence-electron chi connectivity index (χ0n) is 14.7. The smallest absolute Gasteiger partial charge is 0.182 e. The fraction of sp³-hybridized carbons (Fsp3) is 0.250. The first-order valence-corrected chi connectivity index (χ1v) is 8.04. The van der Waals surface area contributed by atoms with E-state index < -0.39 is 0 Å². The summed E-state index contributed by atoms with van der Waals surface area (Å²) < 4.78 is 3.28. The van der Waals surface area contributed by atoms with Gasteiger partial charge in [0.2, 0.25) is 0 Å². The molecule has 0 spiro atoms. The van der Waals surface area contributed by atoms with Crippen LogP contribution in [0.25, 0.3) is 5.82 Å². The van der Waals surface area contributed by atoms with Crippen molar-refractivity contribution < 1.29 is 0 Å². The van der Waals surface area contributed by atoms with E-state index in [2.05, 4.69) is 30.8 Å². The number of hydrazine groups is 1. The number of nitrogens with two attached hydrogens (primary N) is 1. The highest BCUT2D eigenvalue weighted by Crippen LogP contribution is 2.32. The van der Waals surface area contributed by atoms with Crippen LogP contribution in [0.15, 0.2) is 40.8 Å². The van der Waals surface area contributed by atoms with Crippen molar-refractivity contribution in [2.45, 2.75) is 26.8 Å². The van der Waals surface area contributed by atoms with Crippen LogP contribution in [0.3, 0.4) is 0 Å². The maximum atomic E-state index is 7.52. The number of nitrogens with zero attached hydrogens (tertiary/aromatic N) is 7. The van der Waals surface area contributed by atoms with Gasteiger partial charge >= 0.3 is 0 Å². The second-order valence-electron chi connectivity index (χ2n) is 5.83. The minimum atomic E-state index is 0.0853. The highest BCUT2D eigenvalue weighted by atomic mass is 15.4. The molecule has 0 aliphatic carbocycles. The van der Waals surface area contributed by atoms with Gasteiger partial charge in [0.1, 0.15) is 0 Å². The first kappa shape index (κ1) is 17.4. The minimum Gasteiger partial charge on any atom is -0.308 e. The standard InChI is InChI=1S/C16H20N10/c1-10(2)25-15(12(8-17)9-20-25)23-22-14-11(3)24-26(16(14)21-18)13-6-4-5-7-19-13/h4-10,17,21H,18H2,1-3H3. The number of anilines is 1. The van der Waals surface area contributed by atoms with Gasteiger partial charge in [-0.3, -0.25) is 0 Å². The molecule has 10 heteroatoms. The molecule has 0 fully saturated rings. The van der Waals surface area contributed by atoms with Gasteiger partial charge in [-0.2, -0.15) is 14.9 Å². The number of rotatable bonds is 6. The topological polar surface area (TPSA) is 135 Å². The van der Waals surface area contributed by atoms with Crippen LogP contribution in [0.4, 0.5) is 17.3 Å². The molecule has 0 atom stereocenters. The van der Waals surface area contributed by atoms with Gasteiger partial charge in [-0.15, -0.1) is 10.2 Å². The van der Waals surface area contributed by atoms with E-state index in [0.717, 1.165) is 0 Å². The van der Waals surface area contributed by atoms with Crippen LogP contribution in [-0.2, 0) is 0 Å². The summed E-state index contributed by atoms with van der Waals surface area (Å²) in [6.07, 6.45) is 4.46. The molecule has 4 N–H and O–H groups in total. The summed E-state index contributed by atoms with van der Waals surface area (Å²) in [5, 5.41) is 24.9. The maximum absolute atomic E-state index is 7.52. The van der Waals surface area contributed by atoms with Crippen LogP contribution in [-0.4, -0.2) is 30.8 Å². The zero-order chi connectivity index (χ0) is 18.7. The van der Waals surface area contributed by atoms with Gasteiger partial charge in [-0.25, -0.2) is 15.5 Å². The molecule has 3 aromatic heterocycles. The average Bonchev–Trinajstić information content (AvgIpc) is 3.20. The molecular weight excluding hydrogens is 332 g/mol. The Kier molecular flexibility index (Phi) is 4.85. The monoisotopic (exact) mass is 352 g/mol. The van der Waals surface area contributed by atoms with Crippen molar-refractivity contribution in [3.63, 3.8) is 0 Å². The average molecular weight is 352 g/mol. The van der Waals surface area contributed by atoms with Gasteiger partial charge in [-0.1, -0.05) is 6.07 Å². The van der Waals surface area contributed by atoms with Gasteiger partial charge in [0.25, 0.3) is 0 Å². The zero-order valence-corrected chi connectivity index (χ0v) is 14.7. The Labute approximate surface area is 150 Å². The third-order valence-electron chi connectivity index (χ3n) is 3.72. The Morgan fingerprint density at radius 3 is 2.73 bits per heavy atom. The van der Waals surface area contributed by atoms with Crippen molar-refractivity contribution in [1.29, 1.82) is 5.41 Å². The second-order valence-corrected chi connectivity index (χ2v) is 5.83. The van der Waals surface area contributed by atoms with Crippen molar-refractivity contribution >= 4 is 23.5 Å². The van der Waals surface area contributed by atoms with E-state index in [-0.39, 0.29) is 6.04 Å². The Hall–Kier alpha value is -3.40. The van der Waals surface area contributed by atoms with E-state index >= 15 is 0 Å². The van der Waals surface area contributed by atoms with Gasteiger partial charge < -0.3 is 10.8 Å². The summed E-state index contributed by atoms with van der Waals surface area (Å²) in [6.45, 7) is 5.78. The molecule has 134 valence electrons. The molecule has 26 heavy (non-hydrogen) atoms. The molecule has 3 heterocycles. The summed E-state index contributed by atoms with van der Waals surface area (Å²) in [4.78, 5) is 4.28. The molecule has 0 bridgehead atoms. The van der Waals surface area contributed by atoms with Crippen molar-refractivity contribution in [2.24, 2.45) is 16.1 Å². The number of aryl methyl sites for hydroxylation is 1. The van der Waals surface area contributed by atoms with Crippen LogP contribution in [0, 0.1) is 12.3 Å². The van der Waals surface area contributed by atoms with E-state index in [1.807, 2.05) is 39.0 Å². The minimum absolute atomic E-state index is 0.0853. The van der Waals surface area contributed by atoms with Crippen LogP contribution >= 0.6 is 0 Å². The first-order valence-electron chi connectivity index (χ1n) is 8.04. The molecule has 0 radical (unpaired) electrons. The maximum Gasteiger partial charge on any atom is 0.182 e. The van der Waals surface area contributed by atoms with E-state index in [0.29, 0.717) is 34.4 Å². The molecule has 0 saturated carbocycles. The number of nitrogens with one attached hydrogen (secondary N) is 2. The summed E-state index contributed by atoms with van der Waals surface area (Å²) in [5.74, 6) is 7.27. The highest BCUT2D eigenvalue weighted by Gasteiger charge is 2.17. The van der Waals surface area contributed by atoms with Crippen LogP contribution < -0.4 is 11.3 Å². The van der Waals surface area contributed by atoms with Crippen LogP contribution in [0.1, 0.15) is 31.1 Å². The lowest BCUT2D eigenvalue weighted by molar-refractivity contribution is 0.535. The Morgan fingerprint density at radius 2 is 2.12 bits per heavy atom. The molecular formula is C16H20N10. The van der Waals surface area contributed by atoms with Crippen LogP contribution in [0.2, 0.25) is 0 Å². The largest absolute Gasteiger partial charge is 0.308 e. The molecule has 0 aliphatic heterocycles. The Bertz CT molecular complexity index is 936. The summed E-state index contributed by atoms with van der Waals surface area (Å²) in [7, 11) is 0. The fourth-order valence-corrected chi connectivity index (χ4v) is 2.46. The molecule has 0 aromatic carbocycles. The molecule has 3 aromatic rings. The van der Waals surface area contributed by atoms with Crippen LogP contribution in [0.5, 0.6) is 0 Å². The number of aromatic nitrogens is 5. The SMILES string of the molecule is Cc1nn(-c2ccccn2)c(NN)c1N=Nc1c(C=N)cnn1C(C)C. The van der Waals surface area contributed by atoms with Gasteiger partial charge in [0, 0.05) is 18.5 Å². The molecule has 3 rings (SSSR count). The van der Waals surface area contributed by atoms with Gasteiger partial charge in [-0.05, 0) is 32.9 Å². The van der Waals surface area contributed by atoms with Crippen molar-refractivity contribution in [2.75, 3.05) is 5.43 Å².